The van der Waals surface area contributed by atoms with Crippen molar-refractivity contribution in [2.45, 2.75) is 19.3 Å². The number of carbonyl (C=O) groups is 1. The molecule has 35 heavy (non-hydrogen) atoms. The van der Waals surface area contributed by atoms with Gasteiger partial charge in [0.2, 0.25) is 0 Å². The Bertz CT molecular complexity index is 740. The van der Waals surface area contributed by atoms with Gasteiger partial charge in [-0.15, -0.1) is 0 Å². The van der Waals surface area contributed by atoms with Crippen molar-refractivity contribution in [1.29, 1.82) is 0 Å². The predicted molar refractivity (Wildman–Crippen MR) is 130 cm³/mol. The molecule has 1 aromatic carbocycles. The van der Waals surface area contributed by atoms with Crippen molar-refractivity contribution >= 4 is 5.91 Å². The van der Waals surface area contributed by atoms with Gasteiger partial charge in [-0.1, -0.05) is 11.2 Å². The van der Waals surface area contributed by atoms with E-state index in [-0.39, 0.29) is 5.91 Å². The summed E-state index contributed by atoms with van der Waals surface area (Å²) in [6.45, 7) is 7.06. The van der Waals surface area contributed by atoms with Crippen LogP contribution >= 0.6 is 0 Å². The molecule has 1 saturated heterocycles. The highest BCUT2D eigenvalue weighted by Gasteiger charge is 2.18. The molecule has 0 unspecified atom stereocenters. The van der Waals surface area contributed by atoms with E-state index in [4.69, 9.17) is 34.0 Å². The fourth-order valence-corrected chi connectivity index (χ4v) is 3.35. The van der Waals surface area contributed by atoms with E-state index in [2.05, 4.69) is 10.0 Å². The van der Waals surface area contributed by atoms with E-state index in [0.29, 0.717) is 90.5 Å². The van der Waals surface area contributed by atoms with Crippen molar-refractivity contribution in [3.05, 3.63) is 40.3 Å². The molecule has 0 bridgehead atoms. The summed E-state index contributed by atoms with van der Waals surface area (Å²) < 4.78 is 32.7. The zero-order chi connectivity index (χ0) is 24.8. The molecule has 0 radical (unpaired) electrons. The Morgan fingerprint density at radius 2 is 1.34 bits per heavy atom. The molecule has 2 rings (SSSR count). The molecule has 11 nitrogen and oxygen atoms in total. The van der Waals surface area contributed by atoms with Gasteiger partial charge in [-0.2, -0.15) is 0 Å². The lowest BCUT2D eigenvalue weighted by molar-refractivity contribution is -0.0122. The highest BCUT2D eigenvalue weighted by molar-refractivity contribution is 5.94. The van der Waals surface area contributed by atoms with Gasteiger partial charge in [0.25, 0.3) is 5.91 Å². The monoisotopic (exact) mass is 494 g/mol. The average molecular weight is 495 g/mol. The van der Waals surface area contributed by atoms with Crippen LogP contribution in [0.1, 0.15) is 29.6 Å². The van der Waals surface area contributed by atoms with Crippen molar-refractivity contribution in [3.63, 3.8) is 0 Å². The maximum Gasteiger partial charge on any atom is 0.253 e. The van der Waals surface area contributed by atoms with E-state index in [9.17, 15) is 4.79 Å². The van der Waals surface area contributed by atoms with Gasteiger partial charge in [-0.25, -0.2) is 0 Å². The van der Waals surface area contributed by atoms with Crippen LogP contribution in [0.5, 0.6) is 5.75 Å². The summed E-state index contributed by atoms with van der Waals surface area (Å²) in [6, 6.07) is 7.33. The lowest BCUT2D eigenvalue weighted by Crippen LogP contribution is -2.35. The molecule has 1 aromatic rings. The first-order valence-electron chi connectivity index (χ1n) is 12.2. The Balaban J connectivity index is 1.36. The number of likely N-dealkylation sites (tertiary alicyclic amines) is 1. The van der Waals surface area contributed by atoms with Crippen molar-refractivity contribution in [2.75, 3.05) is 92.3 Å². The number of piperidine rings is 1. The molecular formula is C24H38N4O7. The minimum absolute atomic E-state index is 0.0741. The number of ether oxygens (including phenoxy) is 6. The van der Waals surface area contributed by atoms with E-state index in [1.165, 1.54) is 6.42 Å². The van der Waals surface area contributed by atoms with Crippen LogP contribution < -0.4 is 4.74 Å². The van der Waals surface area contributed by atoms with E-state index in [0.717, 1.165) is 25.9 Å². The first-order valence-corrected chi connectivity index (χ1v) is 12.2. The topological polar surface area (TPSA) is 124 Å². The molecular weight excluding hydrogens is 456 g/mol. The summed E-state index contributed by atoms with van der Waals surface area (Å²) in [5.41, 5.74) is 8.79. The van der Waals surface area contributed by atoms with Crippen LogP contribution in [0, 0.1) is 0 Å². The van der Waals surface area contributed by atoms with Gasteiger partial charge in [-0.05, 0) is 43.0 Å². The first kappa shape index (κ1) is 28.8. The van der Waals surface area contributed by atoms with E-state index in [1.807, 2.05) is 23.1 Å². The van der Waals surface area contributed by atoms with Gasteiger partial charge in [-0.3, -0.25) is 4.79 Å². The molecule has 1 amide bonds. The third kappa shape index (κ3) is 13.9. The van der Waals surface area contributed by atoms with Crippen molar-refractivity contribution < 1.29 is 33.2 Å². The van der Waals surface area contributed by atoms with E-state index >= 15 is 0 Å². The Kier molecular flexibility index (Phi) is 16.4. The fourth-order valence-electron chi connectivity index (χ4n) is 3.35. The second kappa shape index (κ2) is 19.9. The Morgan fingerprint density at radius 1 is 0.800 bits per heavy atom. The van der Waals surface area contributed by atoms with Gasteiger partial charge in [0.05, 0.1) is 66.1 Å². The normalized spacial score (nSPS) is 13.4. The molecule has 11 heteroatoms. The van der Waals surface area contributed by atoms with Gasteiger partial charge in [0, 0.05) is 30.1 Å². The van der Waals surface area contributed by atoms with Crippen molar-refractivity contribution in [1.82, 2.24) is 4.90 Å². The maximum atomic E-state index is 12.6. The number of carbonyl (C=O) groups excluding carboxylic acids is 1. The minimum Gasteiger partial charge on any atom is -0.491 e. The molecule has 0 aromatic heterocycles. The summed E-state index contributed by atoms with van der Waals surface area (Å²) in [4.78, 5) is 17.2. The van der Waals surface area contributed by atoms with Gasteiger partial charge >= 0.3 is 0 Å². The molecule has 0 saturated carbocycles. The van der Waals surface area contributed by atoms with Crippen molar-refractivity contribution in [2.24, 2.45) is 5.11 Å². The zero-order valence-corrected chi connectivity index (χ0v) is 20.5. The van der Waals surface area contributed by atoms with Crippen LogP contribution in [0.15, 0.2) is 29.4 Å². The van der Waals surface area contributed by atoms with Crippen LogP contribution in [-0.2, 0) is 23.7 Å². The zero-order valence-electron chi connectivity index (χ0n) is 20.5. The third-order valence-corrected chi connectivity index (χ3v) is 5.11. The molecule has 0 atom stereocenters. The lowest BCUT2D eigenvalue weighted by atomic mass is 10.1. The maximum absolute atomic E-state index is 12.6. The van der Waals surface area contributed by atoms with E-state index < -0.39 is 0 Å². The second-order valence-corrected chi connectivity index (χ2v) is 7.75. The molecule has 1 heterocycles. The number of azide groups is 1. The van der Waals surface area contributed by atoms with Crippen LogP contribution in [0.2, 0.25) is 0 Å². The van der Waals surface area contributed by atoms with Crippen molar-refractivity contribution in [3.8, 4) is 5.75 Å². The highest BCUT2D eigenvalue weighted by atomic mass is 16.6. The Hall–Kier alpha value is -2.40. The lowest BCUT2D eigenvalue weighted by Gasteiger charge is -2.26. The minimum atomic E-state index is 0.0741. The number of benzene rings is 1. The second-order valence-electron chi connectivity index (χ2n) is 7.75. The van der Waals surface area contributed by atoms with Crippen LogP contribution in [-0.4, -0.2) is 103 Å². The van der Waals surface area contributed by atoms with E-state index in [1.54, 1.807) is 6.07 Å². The Morgan fingerprint density at radius 3 is 1.91 bits per heavy atom. The highest BCUT2D eigenvalue weighted by Crippen LogP contribution is 2.17. The van der Waals surface area contributed by atoms with Crippen LogP contribution in [0.3, 0.4) is 0 Å². The van der Waals surface area contributed by atoms with Gasteiger partial charge in [0.1, 0.15) is 12.4 Å². The smallest absolute Gasteiger partial charge is 0.253 e. The summed E-state index contributed by atoms with van der Waals surface area (Å²) in [6.07, 6.45) is 3.35. The summed E-state index contributed by atoms with van der Waals surface area (Å²) in [7, 11) is 0. The molecule has 0 aliphatic carbocycles. The molecule has 196 valence electrons. The van der Waals surface area contributed by atoms with Crippen LogP contribution in [0.25, 0.3) is 10.4 Å². The number of hydrogen-bond acceptors (Lipinski definition) is 8. The Labute approximate surface area is 207 Å². The summed E-state index contributed by atoms with van der Waals surface area (Å²) in [5.74, 6) is 0.747. The number of hydrogen-bond donors (Lipinski definition) is 0. The first-order chi connectivity index (χ1) is 17.3. The SMILES string of the molecule is [N-]=[N+]=NCCOCCOCCOCCOCCOCCOc1cccc(C(=O)N2CCCCC2)c1. The predicted octanol–water partition coefficient (Wildman–Crippen LogP) is 3.08. The summed E-state index contributed by atoms with van der Waals surface area (Å²) >= 11 is 0. The third-order valence-electron chi connectivity index (χ3n) is 5.11. The molecule has 1 aliphatic rings. The molecule has 0 spiro atoms. The molecule has 1 aliphatic heterocycles. The average Bonchev–Trinajstić information content (AvgIpc) is 2.90. The van der Waals surface area contributed by atoms with Gasteiger partial charge < -0.3 is 33.3 Å². The quantitative estimate of drug-likeness (QED) is 0.118. The van der Waals surface area contributed by atoms with Crippen LogP contribution in [0.4, 0.5) is 0 Å². The summed E-state index contributed by atoms with van der Waals surface area (Å²) in [5, 5.41) is 3.37. The molecule has 1 fully saturated rings. The standard InChI is InChI=1S/C24H38N4O7/c25-27-26-7-10-30-11-12-31-13-14-32-15-16-33-17-18-34-19-20-35-23-6-4-5-22(21-23)24(29)28-8-2-1-3-9-28/h4-6,21H,1-3,7-20H2. The number of rotatable bonds is 20. The number of nitrogens with zero attached hydrogens (tertiary/aromatic N) is 4. The largest absolute Gasteiger partial charge is 0.491 e. The number of amides is 1. The molecule has 0 N–H and O–H groups in total. The fraction of sp³-hybridized carbons (Fsp3) is 0.708. The van der Waals surface area contributed by atoms with Gasteiger partial charge in [0.15, 0.2) is 0 Å².